The molecule has 1 aliphatic rings. The Morgan fingerprint density at radius 1 is 1.05 bits per heavy atom. The van der Waals surface area contributed by atoms with Crippen molar-refractivity contribution in [2.24, 2.45) is 0 Å². The van der Waals surface area contributed by atoms with Crippen molar-refractivity contribution in [1.29, 1.82) is 0 Å². The van der Waals surface area contributed by atoms with Crippen LogP contribution in [0.5, 0.6) is 0 Å². The SMILES string of the molecule is Brc1ccccc1CN1CCc2c([nH]c3ccccc23)C1. The molecule has 1 aromatic heterocycles. The van der Waals surface area contributed by atoms with Gasteiger partial charge in [-0.2, -0.15) is 0 Å². The van der Waals surface area contributed by atoms with Gasteiger partial charge in [-0.15, -0.1) is 0 Å². The predicted molar refractivity (Wildman–Crippen MR) is 90.3 cm³/mol. The maximum absolute atomic E-state index is 3.65. The Balaban J connectivity index is 1.61. The summed E-state index contributed by atoms with van der Waals surface area (Å²) in [7, 11) is 0. The van der Waals surface area contributed by atoms with E-state index in [-0.39, 0.29) is 0 Å². The fourth-order valence-electron chi connectivity index (χ4n) is 3.25. The Hall–Kier alpha value is -1.58. The standard InChI is InChI=1S/C18H17BrN2/c19-16-7-3-1-5-13(16)11-21-10-9-15-14-6-2-4-8-17(14)20-18(15)12-21/h1-8,20H,9-12H2. The van der Waals surface area contributed by atoms with Gasteiger partial charge < -0.3 is 4.98 Å². The Morgan fingerprint density at radius 2 is 1.86 bits per heavy atom. The first-order valence-corrected chi connectivity index (χ1v) is 8.15. The Labute approximate surface area is 132 Å². The highest BCUT2D eigenvalue weighted by molar-refractivity contribution is 9.10. The van der Waals surface area contributed by atoms with Gasteiger partial charge in [0.15, 0.2) is 0 Å². The third kappa shape index (κ3) is 2.41. The van der Waals surface area contributed by atoms with Crippen LogP contribution in [0.1, 0.15) is 16.8 Å². The van der Waals surface area contributed by atoms with Crippen LogP contribution in [0.15, 0.2) is 53.0 Å². The third-order valence-corrected chi connectivity index (χ3v) is 5.09. The fourth-order valence-corrected chi connectivity index (χ4v) is 3.66. The van der Waals surface area contributed by atoms with Crippen molar-refractivity contribution < 1.29 is 0 Å². The molecule has 0 radical (unpaired) electrons. The average molecular weight is 341 g/mol. The molecular weight excluding hydrogens is 324 g/mol. The molecule has 2 nitrogen and oxygen atoms in total. The van der Waals surface area contributed by atoms with Crippen LogP contribution in [0, 0.1) is 0 Å². The lowest BCUT2D eigenvalue weighted by Gasteiger charge is -2.27. The molecule has 0 aliphatic carbocycles. The van der Waals surface area contributed by atoms with E-state index in [0.717, 1.165) is 26.1 Å². The first-order chi connectivity index (χ1) is 10.3. The molecule has 0 unspecified atom stereocenters. The molecule has 4 rings (SSSR count). The van der Waals surface area contributed by atoms with E-state index in [2.05, 4.69) is 74.3 Å². The molecule has 3 heteroatoms. The number of rotatable bonds is 2. The molecule has 2 heterocycles. The van der Waals surface area contributed by atoms with Crippen LogP contribution in [0.2, 0.25) is 0 Å². The molecule has 3 aromatic rings. The summed E-state index contributed by atoms with van der Waals surface area (Å²) in [5.74, 6) is 0. The van der Waals surface area contributed by atoms with Gasteiger partial charge in [0.2, 0.25) is 0 Å². The number of hydrogen-bond donors (Lipinski definition) is 1. The van der Waals surface area contributed by atoms with Gasteiger partial charge in [-0.3, -0.25) is 4.90 Å². The number of aromatic nitrogens is 1. The van der Waals surface area contributed by atoms with Crippen LogP contribution in [-0.4, -0.2) is 16.4 Å². The third-order valence-electron chi connectivity index (χ3n) is 4.31. The summed E-state index contributed by atoms with van der Waals surface area (Å²) in [6.45, 7) is 3.12. The smallest absolute Gasteiger partial charge is 0.0459 e. The van der Waals surface area contributed by atoms with Crippen LogP contribution in [-0.2, 0) is 19.5 Å². The van der Waals surface area contributed by atoms with Crippen molar-refractivity contribution in [1.82, 2.24) is 9.88 Å². The number of halogens is 1. The lowest BCUT2D eigenvalue weighted by Crippen LogP contribution is -2.29. The summed E-state index contributed by atoms with van der Waals surface area (Å²) in [4.78, 5) is 6.10. The van der Waals surface area contributed by atoms with Crippen LogP contribution in [0.3, 0.4) is 0 Å². The zero-order valence-corrected chi connectivity index (χ0v) is 13.4. The highest BCUT2D eigenvalue weighted by Gasteiger charge is 2.20. The predicted octanol–water partition coefficient (Wildman–Crippen LogP) is 4.49. The van der Waals surface area contributed by atoms with E-state index in [1.54, 1.807) is 0 Å². The zero-order chi connectivity index (χ0) is 14.2. The molecule has 1 aliphatic heterocycles. The van der Waals surface area contributed by atoms with Gasteiger partial charge in [0, 0.05) is 40.7 Å². The van der Waals surface area contributed by atoms with E-state index >= 15 is 0 Å². The monoisotopic (exact) mass is 340 g/mol. The Morgan fingerprint density at radius 3 is 2.76 bits per heavy atom. The molecule has 1 N–H and O–H groups in total. The molecule has 0 bridgehead atoms. The van der Waals surface area contributed by atoms with Gasteiger partial charge >= 0.3 is 0 Å². The summed E-state index contributed by atoms with van der Waals surface area (Å²) in [6.07, 6.45) is 1.13. The molecule has 0 saturated carbocycles. The molecular formula is C18H17BrN2. The molecule has 0 amide bonds. The second kappa shape index (κ2) is 5.32. The van der Waals surface area contributed by atoms with E-state index in [1.807, 2.05) is 0 Å². The van der Waals surface area contributed by atoms with Crippen molar-refractivity contribution in [2.75, 3.05) is 6.54 Å². The largest absolute Gasteiger partial charge is 0.357 e. The first kappa shape index (κ1) is 13.1. The van der Waals surface area contributed by atoms with Gasteiger partial charge in [-0.1, -0.05) is 52.3 Å². The van der Waals surface area contributed by atoms with Crippen LogP contribution in [0.4, 0.5) is 0 Å². The minimum absolute atomic E-state index is 0.996. The minimum Gasteiger partial charge on any atom is -0.357 e. The quantitative estimate of drug-likeness (QED) is 0.728. The topological polar surface area (TPSA) is 19.0 Å². The van der Waals surface area contributed by atoms with Crippen LogP contribution >= 0.6 is 15.9 Å². The number of H-pyrrole nitrogens is 1. The number of fused-ring (bicyclic) bond motifs is 3. The van der Waals surface area contributed by atoms with E-state index in [1.165, 1.54) is 32.2 Å². The van der Waals surface area contributed by atoms with E-state index in [0.29, 0.717) is 0 Å². The maximum atomic E-state index is 3.65. The first-order valence-electron chi connectivity index (χ1n) is 7.35. The minimum atomic E-state index is 0.996. The number of aromatic amines is 1. The van der Waals surface area contributed by atoms with Gasteiger partial charge in [0.05, 0.1) is 0 Å². The van der Waals surface area contributed by atoms with Crippen molar-refractivity contribution in [3.05, 3.63) is 69.8 Å². The second-order valence-corrected chi connectivity index (χ2v) is 6.53. The zero-order valence-electron chi connectivity index (χ0n) is 11.8. The maximum Gasteiger partial charge on any atom is 0.0459 e. The van der Waals surface area contributed by atoms with Crippen molar-refractivity contribution in [3.63, 3.8) is 0 Å². The van der Waals surface area contributed by atoms with Crippen LogP contribution in [0.25, 0.3) is 10.9 Å². The molecule has 0 fully saturated rings. The molecule has 0 saturated heterocycles. The number of nitrogens with one attached hydrogen (secondary N) is 1. The molecule has 2 aromatic carbocycles. The summed E-state index contributed by atoms with van der Waals surface area (Å²) in [5.41, 5.74) is 5.52. The van der Waals surface area contributed by atoms with Crippen LogP contribution < -0.4 is 0 Å². The van der Waals surface area contributed by atoms with Gasteiger partial charge in [0.1, 0.15) is 0 Å². The number of benzene rings is 2. The Kier molecular flexibility index (Phi) is 3.32. The lowest BCUT2D eigenvalue weighted by molar-refractivity contribution is 0.243. The van der Waals surface area contributed by atoms with Gasteiger partial charge in [0.25, 0.3) is 0 Å². The van der Waals surface area contributed by atoms with Crippen molar-refractivity contribution in [2.45, 2.75) is 19.5 Å². The molecule has 21 heavy (non-hydrogen) atoms. The summed E-state index contributed by atoms with van der Waals surface area (Å²) in [5, 5.41) is 1.40. The van der Waals surface area contributed by atoms with Crippen molar-refractivity contribution >= 4 is 26.8 Å². The van der Waals surface area contributed by atoms with E-state index < -0.39 is 0 Å². The molecule has 0 spiro atoms. The Bertz CT molecular complexity index is 791. The normalized spacial score (nSPS) is 15.3. The lowest BCUT2D eigenvalue weighted by atomic mass is 10.0. The summed E-state index contributed by atoms with van der Waals surface area (Å²) >= 11 is 3.65. The van der Waals surface area contributed by atoms with Gasteiger partial charge in [-0.25, -0.2) is 0 Å². The molecule has 0 atom stereocenters. The van der Waals surface area contributed by atoms with E-state index in [9.17, 15) is 0 Å². The van der Waals surface area contributed by atoms with Crippen molar-refractivity contribution in [3.8, 4) is 0 Å². The number of nitrogens with zero attached hydrogens (tertiary/aromatic N) is 1. The highest BCUT2D eigenvalue weighted by atomic mass is 79.9. The fraction of sp³-hybridized carbons (Fsp3) is 0.222. The number of para-hydroxylation sites is 1. The average Bonchev–Trinajstić information content (AvgIpc) is 2.87. The summed E-state index contributed by atoms with van der Waals surface area (Å²) < 4.78 is 1.20. The second-order valence-electron chi connectivity index (χ2n) is 5.68. The molecule has 106 valence electrons. The number of hydrogen-bond acceptors (Lipinski definition) is 1. The summed E-state index contributed by atoms with van der Waals surface area (Å²) in [6, 6.07) is 17.1. The highest BCUT2D eigenvalue weighted by Crippen LogP contribution is 2.28. The van der Waals surface area contributed by atoms with Gasteiger partial charge in [-0.05, 0) is 29.7 Å². The van der Waals surface area contributed by atoms with E-state index in [4.69, 9.17) is 0 Å².